The van der Waals surface area contributed by atoms with Crippen LogP contribution in [0, 0.1) is 17.7 Å². The fourth-order valence-corrected chi connectivity index (χ4v) is 1.57. The molecule has 20 heavy (non-hydrogen) atoms. The Morgan fingerprint density at radius 1 is 1.35 bits per heavy atom. The van der Waals surface area contributed by atoms with Crippen molar-refractivity contribution >= 4 is 11.7 Å². The fourth-order valence-electron chi connectivity index (χ4n) is 1.57. The normalized spacial score (nSPS) is 9.50. The minimum absolute atomic E-state index is 0.215. The van der Waals surface area contributed by atoms with Crippen LogP contribution in [0.2, 0.25) is 0 Å². The lowest BCUT2D eigenvalue weighted by molar-refractivity contribution is 0.102. The van der Waals surface area contributed by atoms with E-state index in [1.807, 2.05) is 0 Å². The Bertz CT molecular complexity index is 675. The molecule has 1 amide bonds. The van der Waals surface area contributed by atoms with Crippen LogP contribution in [0.15, 0.2) is 42.6 Å². The van der Waals surface area contributed by atoms with E-state index >= 15 is 0 Å². The first-order chi connectivity index (χ1) is 9.70. The second kappa shape index (κ2) is 6.45. The minimum atomic E-state index is -0.498. The van der Waals surface area contributed by atoms with Gasteiger partial charge in [-0.1, -0.05) is 17.9 Å². The molecule has 0 saturated carbocycles. The van der Waals surface area contributed by atoms with Crippen LogP contribution in [0.4, 0.5) is 10.2 Å². The molecule has 2 aromatic rings. The Balaban J connectivity index is 2.30. The van der Waals surface area contributed by atoms with Crippen LogP contribution >= 0.6 is 0 Å². The lowest BCUT2D eigenvalue weighted by atomic mass is 10.1. The van der Waals surface area contributed by atoms with Gasteiger partial charge in [-0.15, -0.1) is 0 Å². The molecule has 0 bridgehead atoms. The van der Waals surface area contributed by atoms with Crippen LogP contribution in [0.3, 0.4) is 0 Å². The van der Waals surface area contributed by atoms with Gasteiger partial charge in [0.15, 0.2) is 0 Å². The summed E-state index contributed by atoms with van der Waals surface area (Å²) in [6.07, 6.45) is 1.55. The molecule has 1 aromatic carbocycles. The number of carbonyl (C=O) groups excluding carboxylic acids is 1. The van der Waals surface area contributed by atoms with Crippen molar-refractivity contribution in [3.63, 3.8) is 0 Å². The van der Waals surface area contributed by atoms with Crippen LogP contribution in [0.5, 0.6) is 0 Å². The molecule has 5 heteroatoms. The fraction of sp³-hybridized carbons (Fsp3) is 0.0667. The lowest BCUT2D eigenvalue weighted by Gasteiger charge is -2.06. The Hall–Kier alpha value is -2.71. The van der Waals surface area contributed by atoms with Crippen molar-refractivity contribution in [1.82, 2.24) is 4.98 Å². The van der Waals surface area contributed by atoms with Crippen molar-refractivity contribution in [2.24, 2.45) is 0 Å². The van der Waals surface area contributed by atoms with Crippen LogP contribution in [0.25, 0.3) is 0 Å². The zero-order valence-electron chi connectivity index (χ0n) is 10.4. The lowest BCUT2D eigenvalue weighted by Crippen LogP contribution is -2.14. The summed E-state index contributed by atoms with van der Waals surface area (Å²) in [4.78, 5) is 16.1. The average Bonchev–Trinajstić information content (AvgIpc) is 2.46. The van der Waals surface area contributed by atoms with Crippen molar-refractivity contribution in [3.8, 4) is 11.8 Å². The van der Waals surface area contributed by atoms with Gasteiger partial charge in [0.05, 0.1) is 5.56 Å². The maximum absolute atomic E-state index is 13.2. The van der Waals surface area contributed by atoms with Crippen molar-refractivity contribution in [2.45, 2.75) is 0 Å². The largest absolute Gasteiger partial charge is 0.384 e. The van der Waals surface area contributed by atoms with Gasteiger partial charge >= 0.3 is 0 Å². The minimum Gasteiger partial charge on any atom is -0.384 e. The first kappa shape index (κ1) is 13.7. The van der Waals surface area contributed by atoms with E-state index in [0.717, 1.165) is 6.07 Å². The molecule has 4 nitrogen and oxygen atoms in total. The van der Waals surface area contributed by atoms with Crippen LogP contribution in [-0.4, -0.2) is 22.6 Å². The third kappa shape index (κ3) is 3.40. The molecule has 0 unspecified atom stereocenters. The summed E-state index contributed by atoms with van der Waals surface area (Å²) < 4.78 is 13.2. The molecule has 0 atom stereocenters. The summed E-state index contributed by atoms with van der Waals surface area (Å²) in [7, 11) is 0. The zero-order chi connectivity index (χ0) is 14.4. The molecule has 0 fully saturated rings. The van der Waals surface area contributed by atoms with Gasteiger partial charge in [-0.3, -0.25) is 4.79 Å². The quantitative estimate of drug-likeness (QED) is 0.818. The summed E-state index contributed by atoms with van der Waals surface area (Å²) in [6, 6.07) is 8.77. The van der Waals surface area contributed by atoms with E-state index in [1.54, 1.807) is 24.4 Å². The Labute approximate surface area is 115 Å². The highest BCUT2D eigenvalue weighted by molar-refractivity contribution is 6.05. The van der Waals surface area contributed by atoms with Gasteiger partial charge in [0.1, 0.15) is 18.2 Å². The first-order valence-corrected chi connectivity index (χ1v) is 5.82. The SMILES string of the molecule is O=C(Nc1ccccn1)c1ccc(F)cc1C#CCO. The molecule has 2 N–H and O–H groups in total. The molecule has 2 rings (SSSR count). The van der Waals surface area contributed by atoms with Gasteiger partial charge < -0.3 is 10.4 Å². The molecular formula is C15H11FN2O2. The number of aromatic nitrogens is 1. The topological polar surface area (TPSA) is 62.2 Å². The van der Waals surface area contributed by atoms with E-state index in [0.29, 0.717) is 5.82 Å². The molecule has 0 radical (unpaired) electrons. The van der Waals surface area contributed by atoms with E-state index in [4.69, 9.17) is 5.11 Å². The molecule has 1 heterocycles. The van der Waals surface area contributed by atoms with Gasteiger partial charge in [-0.25, -0.2) is 9.37 Å². The van der Waals surface area contributed by atoms with Gasteiger partial charge in [0.2, 0.25) is 0 Å². The molecule has 0 spiro atoms. The third-order valence-corrected chi connectivity index (χ3v) is 2.43. The highest BCUT2D eigenvalue weighted by Crippen LogP contribution is 2.12. The van der Waals surface area contributed by atoms with E-state index in [2.05, 4.69) is 22.1 Å². The van der Waals surface area contributed by atoms with Crippen molar-refractivity contribution in [1.29, 1.82) is 0 Å². The molecule has 0 aliphatic heterocycles. The number of amides is 1. The van der Waals surface area contributed by atoms with Gasteiger partial charge in [0.25, 0.3) is 5.91 Å². The molecule has 100 valence electrons. The molecule has 0 saturated heterocycles. The number of hydrogen-bond acceptors (Lipinski definition) is 3. The summed E-state index contributed by atoms with van der Waals surface area (Å²) in [5, 5.41) is 11.3. The number of benzene rings is 1. The van der Waals surface area contributed by atoms with Gasteiger partial charge in [-0.2, -0.15) is 0 Å². The highest BCUT2D eigenvalue weighted by atomic mass is 19.1. The predicted molar refractivity (Wildman–Crippen MR) is 72.6 cm³/mol. The number of nitrogens with one attached hydrogen (secondary N) is 1. The number of aliphatic hydroxyl groups is 1. The van der Waals surface area contributed by atoms with Gasteiger partial charge in [0, 0.05) is 11.8 Å². The standard InChI is InChI=1S/C15H11FN2O2/c16-12-6-7-13(11(10-12)4-3-9-19)15(20)18-14-5-1-2-8-17-14/h1-2,5-8,10,19H,9H2,(H,17,18,20). The Morgan fingerprint density at radius 3 is 2.90 bits per heavy atom. The molecule has 1 aromatic heterocycles. The van der Waals surface area contributed by atoms with Gasteiger partial charge in [-0.05, 0) is 30.3 Å². The smallest absolute Gasteiger partial charge is 0.258 e. The van der Waals surface area contributed by atoms with Crippen LogP contribution in [-0.2, 0) is 0 Å². The summed E-state index contributed by atoms with van der Waals surface area (Å²) >= 11 is 0. The number of nitrogens with zero attached hydrogens (tertiary/aromatic N) is 1. The van der Waals surface area contributed by atoms with E-state index in [-0.39, 0.29) is 17.7 Å². The van der Waals surface area contributed by atoms with E-state index < -0.39 is 11.7 Å². The van der Waals surface area contributed by atoms with Crippen molar-refractivity contribution in [3.05, 3.63) is 59.5 Å². The molecule has 0 aliphatic rings. The van der Waals surface area contributed by atoms with Crippen LogP contribution in [0.1, 0.15) is 15.9 Å². The number of carbonyl (C=O) groups is 1. The number of halogens is 1. The second-order valence-corrected chi connectivity index (χ2v) is 3.82. The van der Waals surface area contributed by atoms with Crippen LogP contribution < -0.4 is 5.32 Å². The highest BCUT2D eigenvalue weighted by Gasteiger charge is 2.11. The molecule has 0 aliphatic carbocycles. The summed E-state index contributed by atoms with van der Waals surface area (Å²) in [5.41, 5.74) is 0.436. The Kier molecular flexibility index (Phi) is 4.43. The number of pyridine rings is 1. The number of anilines is 1. The third-order valence-electron chi connectivity index (χ3n) is 2.43. The van der Waals surface area contributed by atoms with Crippen molar-refractivity contribution < 1.29 is 14.3 Å². The summed E-state index contributed by atoms with van der Waals surface area (Å²) in [5.74, 6) is 4.40. The zero-order valence-corrected chi connectivity index (χ0v) is 10.4. The summed E-state index contributed by atoms with van der Waals surface area (Å²) in [6.45, 7) is -0.363. The van der Waals surface area contributed by atoms with E-state index in [9.17, 15) is 9.18 Å². The van der Waals surface area contributed by atoms with Crippen molar-refractivity contribution in [2.75, 3.05) is 11.9 Å². The average molecular weight is 270 g/mol. The Morgan fingerprint density at radius 2 is 2.20 bits per heavy atom. The second-order valence-electron chi connectivity index (χ2n) is 3.82. The number of aliphatic hydroxyl groups excluding tert-OH is 1. The monoisotopic (exact) mass is 270 g/mol. The number of rotatable bonds is 2. The maximum atomic E-state index is 13.2. The predicted octanol–water partition coefficient (Wildman–Crippen LogP) is 1.82. The number of hydrogen-bond donors (Lipinski definition) is 2. The van der Waals surface area contributed by atoms with E-state index in [1.165, 1.54) is 12.1 Å². The molecular weight excluding hydrogens is 259 g/mol. The first-order valence-electron chi connectivity index (χ1n) is 5.82. The maximum Gasteiger partial charge on any atom is 0.258 e.